The lowest BCUT2D eigenvalue weighted by Gasteiger charge is -2.35. The molecule has 1 aromatic carbocycles. The van der Waals surface area contributed by atoms with E-state index in [-0.39, 0.29) is 0 Å². The normalized spacial score (nSPS) is 24.7. The highest BCUT2D eigenvalue weighted by Crippen LogP contribution is 2.33. The molecule has 1 fully saturated rings. The number of anilines is 2. The first-order valence-corrected chi connectivity index (χ1v) is 5.42. The summed E-state index contributed by atoms with van der Waals surface area (Å²) < 4.78 is 5.21. The number of methoxy groups -OCH3 is 1. The van der Waals surface area contributed by atoms with Crippen LogP contribution in [0.15, 0.2) is 18.2 Å². The highest BCUT2D eigenvalue weighted by molar-refractivity contribution is 6.33. The van der Waals surface area contributed by atoms with Gasteiger partial charge in [0.05, 0.1) is 22.5 Å². The summed E-state index contributed by atoms with van der Waals surface area (Å²) in [5.41, 5.74) is 7.38. The molecule has 3 nitrogen and oxygen atoms in total. The quantitative estimate of drug-likeness (QED) is 0.779. The Morgan fingerprint density at radius 3 is 2.80 bits per heavy atom. The summed E-state index contributed by atoms with van der Waals surface area (Å²) in [5.74, 6) is 0. The van der Waals surface area contributed by atoms with Crippen molar-refractivity contribution in [1.82, 2.24) is 0 Å². The first-order chi connectivity index (χ1) is 7.20. The number of hydrogen-bond acceptors (Lipinski definition) is 3. The minimum Gasteiger partial charge on any atom is -0.397 e. The van der Waals surface area contributed by atoms with Gasteiger partial charge in [0.1, 0.15) is 0 Å². The maximum atomic E-state index is 6.05. The van der Waals surface area contributed by atoms with Gasteiger partial charge in [-0.05, 0) is 25.0 Å². The predicted molar refractivity (Wildman–Crippen MR) is 63.3 cm³/mol. The molecule has 0 radical (unpaired) electrons. The average Bonchev–Trinajstić information content (AvgIpc) is 2.14. The van der Waals surface area contributed by atoms with Crippen molar-refractivity contribution in [3.05, 3.63) is 23.2 Å². The van der Waals surface area contributed by atoms with Crippen molar-refractivity contribution in [2.75, 3.05) is 18.2 Å². The lowest BCUT2D eigenvalue weighted by molar-refractivity contribution is 0.0329. The Morgan fingerprint density at radius 2 is 2.20 bits per heavy atom. The molecule has 0 atom stereocenters. The molecule has 0 aliphatic heterocycles. The molecular weight excluding hydrogens is 212 g/mol. The Bertz CT molecular complexity index is 330. The summed E-state index contributed by atoms with van der Waals surface area (Å²) in [7, 11) is 1.74. The molecule has 1 aromatic rings. The molecule has 0 unspecified atom stereocenters. The van der Waals surface area contributed by atoms with Crippen molar-refractivity contribution in [1.29, 1.82) is 0 Å². The summed E-state index contributed by atoms with van der Waals surface area (Å²) in [6, 6.07) is 5.96. The van der Waals surface area contributed by atoms with Crippen LogP contribution in [0.4, 0.5) is 11.4 Å². The molecule has 0 saturated heterocycles. The van der Waals surface area contributed by atoms with E-state index >= 15 is 0 Å². The van der Waals surface area contributed by atoms with Gasteiger partial charge in [-0.1, -0.05) is 17.7 Å². The molecule has 1 saturated carbocycles. The number of nitrogen functional groups attached to an aromatic ring is 1. The molecular formula is C11H15ClN2O. The first kappa shape index (κ1) is 10.6. The maximum Gasteiger partial charge on any atom is 0.0765 e. The lowest BCUT2D eigenvalue weighted by Crippen LogP contribution is -2.40. The third-order valence-electron chi connectivity index (χ3n) is 2.82. The van der Waals surface area contributed by atoms with Gasteiger partial charge in [-0.15, -0.1) is 0 Å². The van der Waals surface area contributed by atoms with Gasteiger partial charge in [0.2, 0.25) is 0 Å². The second-order valence-electron chi connectivity index (χ2n) is 3.87. The van der Waals surface area contributed by atoms with Gasteiger partial charge < -0.3 is 15.8 Å². The van der Waals surface area contributed by atoms with E-state index in [2.05, 4.69) is 5.32 Å². The lowest BCUT2D eigenvalue weighted by atomic mass is 9.89. The van der Waals surface area contributed by atoms with Crippen molar-refractivity contribution < 1.29 is 4.74 Å². The van der Waals surface area contributed by atoms with Crippen LogP contribution in [0.2, 0.25) is 5.02 Å². The molecule has 3 N–H and O–H groups in total. The van der Waals surface area contributed by atoms with E-state index in [4.69, 9.17) is 22.1 Å². The molecule has 0 aromatic heterocycles. The van der Waals surface area contributed by atoms with Gasteiger partial charge in [-0.3, -0.25) is 0 Å². The number of para-hydroxylation sites is 1. The first-order valence-electron chi connectivity index (χ1n) is 5.04. The third kappa shape index (κ3) is 2.19. The van der Waals surface area contributed by atoms with Gasteiger partial charge in [0.25, 0.3) is 0 Å². The van der Waals surface area contributed by atoms with Crippen LogP contribution in [0.5, 0.6) is 0 Å². The summed E-state index contributed by atoms with van der Waals surface area (Å²) in [6.45, 7) is 0. The zero-order valence-electron chi connectivity index (χ0n) is 8.66. The Morgan fingerprint density at radius 1 is 1.47 bits per heavy atom. The molecule has 1 aliphatic rings. The van der Waals surface area contributed by atoms with Crippen molar-refractivity contribution >= 4 is 23.0 Å². The van der Waals surface area contributed by atoms with Gasteiger partial charge in [0, 0.05) is 13.2 Å². The molecule has 4 heteroatoms. The molecule has 82 valence electrons. The molecule has 15 heavy (non-hydrogen) atoms. The second kappa shape index (κ2) is 4.29. The summed E-state index contributed by atoms with van der Waals surface area (Å²) >= 11 is 6.05. The number of rotatable bonds is 3. The molecule has 1 aliphatic carbocycles. The Labute approximate surface area is 94.6 Å². The smallest absolute Gasteiger partial charge is 0.0765 e. The van der Waals surface area contributed by atoms with E-state index in [1.54, 1.807) is 7.11 Å². The fourth-order valence-electron chi connectivity index (χ4n) is 1.77. The SMILES string of the molecule is COC1CC(Nc2c(N)cccc2Cl)C1. The number of halogens is 1. The van der Waals surface area contributed by atoms with Crippen LogP contribution >= 0.6 is 11.6 Å². The minimum absolute atomic E-state index is 0.381. The fourth-order valence-corrected chi connectivity index (χ4v) is 2.01. The summed E-state index contributed by atoms with van der Waals surface area (Å²) in [4.78, 5) is 0. The zero-order valence-corrected chi connectivity index (χ0v) is 9.42. The number of nitrogens with one attached hydrogen (secondary N) is 1. The van der Waals surface area contributed by atoms with Crippen LogP contribution in [0.1, 0.15) is 12.8 Å². The van der Waals surface area contributed by atoms with E-state index in [0.29, 0.717) is 22.9 Å². The predicted octanol–water partition coefficient (Wildman–Crippen LogP) is 2.51. The van der Waals surface area contributed by atoms with Gasteiger partial charge in [-0.25, -0.2) is 0 Å². The van der Waals surface area contributed by atoms with Crippen LogP contribution in [0.3, 0.4) is 0 Å². The van der Waals surface area contributed by atoms with Crippen LogP contribution in [0.25, 0.3) is 0 Å². The fraction of sp³-hybridized carbons (Fsp3) is 0.455. The Hall–Kier alpha value is -0.930. The average molecular weight is 227 g/mol. The van der Waals surface area contributed by atoms with Crippen LogP contribution in [0, 0.1) is 0 Å². The maximum absolute atomic E-state index is 6.05. The van der Waals surface area contributed by atoms with Gasteiger partial charge in [0.15, 0.2) is 0 Å². The number of hydrogen-bond donors (Lipinski definition) is 2. The van der Waals surface area contributed by atoms with Crippen molar-refractivity contribution in [3.63, 3.8) is 0 Å². The highest BCUT2D eigenvalue weighted by atomic mass is 35.5. The molecule has 0 bridgehead atoms. The topological polar surface area (TPSA) is 47.3 Å². The molecule has 0 amide bonds. The molecule has 0 spiro atoms. The largest absolute Gasteiger partial charge is 0.397 e. The van der Waals surface area contributed by atoms with Crippen molar-refractivity contribution in [3.8, 4) is 0 Å². The van der Waals surface area contributed by atoms with Gasteiger partial charge >= 0.3 is 0 Å². The van der Waals surface area contributed by atoms with Crippen molar-refractivity contribution in [2.24, 2.45) is 0 Å². The Balaban J connectivity index is 2.00. The van der Waals surface area contributed by atoms with Crippen LogP contribution < -0.4 is 11.1 Å². The summed E-state index contributed by atoms with van der Waals surface area (Å²) in [5, 5.41) is 4.02. The summed E-state index contributed by atoms with van der Waals surface area (Å²) in [6.07, 6.45) is 2.41. The van der Waals surface area contributed by atoms with Crippen LogP contribution in [-0.2, 0) is 4.74 Å². The second-order valence-corrected chi connectivity index (χ2v) is 4.28. The number of ether oxygens (including phenoxy) is 1. The minimum atomic E-state index is 0.381. The van der Waals surface area contributed by atoms with Gasteiger partial charge in [-0.2, -0.15) is 0 Å². The van der Waals surface area contributed by atoms with Crippen molar-refractivity contribution in [2.45, 2.75) is 25.0 Å². The number of benzene rings is 1. The monoisotopic (exact) mass is 226 g/mol. The Kier molecular flexibility index (Phi) is 3.03. The van der Waals surface area contributed by atoms with E-state index < -0.39 is 0 Å². The molecule has 2 rings (SSSR count). The van der Waals surface area contributed by atoms with E-state index in [1.165, 1.54) is 0 Å². The molecule has 0 heterocycles. The van der Waals surface area contributed by atoms with E-state index in [9.17, 15) is 0 Å². The standard InChI is InChI=1S/C11H15ClN2O/c1-15-8-5-7(6-8)14-11-9(12)3-2-4-10(11)13/h2-4,7-8,14H,5-6,13H2,1H3. The number of nitrogens with two attached hydrogens (primary N) is 1. The zero-order chi connectivity index (χ0) is 10.8. The highest BCUT2D eigenvalue weighted by Gasteiger charge is 2.29. The third-order valence-corrected chi connectivity index (χ3v) is 3.14. The van der Waals surface area contributed by atoms with E-state index in [1.807, 2.05) is 18.2 Å². The van der Waals surface area contributed by atoms with E-state index in [0.717, 1.165) is 18.5 Å². The van der Waals surface area contributed by atoms with Crippen LogP contribution in [-0.4, -0.2) is 19.3 Å².